The fourth-order valence-electron chi connectivity index (χ4n) is 3.15. The number of likely N-dealkylation sites (tertiary alicyclic amines) is 1. The van der Waals surface area contributed by atoms with E-state index in [0.29, 0.717) is 13.2 Å². The lowest BCUT2D eigenvalue weighted by molar-refractivity contribution is -0.134. The van der Waals surface area contributed by atoms with Gasteiger partial charge in [0.15, 0.2) is 18.2 Å². The van der Waals surface area contributed by atoms with Crippen molar-refractivity contribution >= 4 is 5.91 Å². The average Bonchev–Trinajstić information content (AvgIpc) is 3.11. The van der Waals surface area contributed by atoms with Crippen molar-refractivity contribution in [2.75, 3.05) is 19.8 Å². The minimum Gasteiger partial charge on any atom is -0.494 e. The third-order valence-corrected chi connectivity index (χ3v) is 4.34. The first kappa shape index (κ1) is 17.3. The van der Waals surface area contributed by atoms with Gasteiger partial charge >= 0.3 is 0 Å². The first-order chi connectivity index (χ1) is 12.2. The third kappa shape index (κ3) is 4.10. The number of ether oxygens (including phenoxy) is 2. The lowest BCUT2D eigenvalue weighted by Gasteiger charge is -2.25. The van der Waals surface area contributed by atoms with Gasteiger partial charge in [-0.25, -0.2) is 4.39 Å². The Balaban J connectivity index is 1.64. The van der Waals surface area contributed by atoms with Gasteiger partial charge in [0.2, 0.25) is 0 Å². The topological polar surface area (TPSA) is 38.8 Å². The zero-order chi connectivity index (χ0) is 17.6. The molecule has 0 aromatic heterocycles. The molecule has 0 spiro atoms. The molecule has 0 bridgehead atoms. The van der Waals surface area contributed by atoms with E-state index in [-0.39, 0.29) is 24.3 Å². The van der Waals surface area contributed by atoms with E-state index in [1.54, 1.807) is 12.1 Å². The van der Waals surface area contributed by atoms with Crippen molar-refractivity contribution in [1.29, 1.82) is 0 Å². The van der Waals surface area contributed by atoms with Crippen molar-refractivity contribution in [2.45, 2.75) is 25.8 Å². The van der Waals surface area contributed by atoms with E-state index in [9.17, 15) is 9.18 Å². The summed E-state index contributed by atoms with van der Waals surface area (Å²) in [4.78, 5) is 14.4. The van der Waals surface area contributed by atoms with Crippen LogP contribution in [0.5, 0.6) is 11.5 Å². The predicted molar refractivity (Wildman–Crippen MR) is 93.2 cm³/mol. The Morgan fingerprint density at radius 2 is 1.92 bits per heavy atom. The van der Waals surface area contributed by atoms with Crippen LogP contribution >= 0.6 is 0 Å². The normalized spacial score (nSPS) is 16.7. The summed E-state index contributed by atoms with van der Waals surface area (Å²) >= 11 is 0. The van der Waals surface area contributed by atoms with Gasteiger partial charge in [-0.05, 0) is 49.6 Å². The lowest BCUT2D eigenvalue weighted by atomic mass is 10.0. The quantitative estimate of drug-likeness (QED) is 0.797. The molecule has 0 saturated carbocycles. The molecule has 1 unspecified atom stereocenters. The number of para-hydroxylation sites is 1. The number of hydrogen-bond donors (Lipinski definition) is 0. The number of benzene rings is 2. The molecule has 0 radical (unpaired) electrons. The van der Waals surface area contributed by atoms with Crippen molar-refractivity contribution in [2.24, 2.45) is 0 Å². The molecule has 1 heterocycles. The number of nitrogens with zero attached hydrogens (tertiary/aromatic N) is 1. The van der Waals surface area contributed by atoms with Crippen molar-refractivity contribution in [3.8, 4) is 11.5 Å². The summed E-state index contributed by atoms with van der Waals surface area (Å²) in [7, 11) is 0. The Bertz CT molecular complexity index is 717. The monoisotopic (exact) mass is 343 g/mol. The molecule has 1 atom stereocenters. The van der Waals surface area contributed by atoms with Gasteiger partial charge in [0.25, 0.3) is 5.91 Å². The molecule has 132 valence electrons. The highest BCUT2D eigenvalue weighted by atomic mass is 19.1. The summed E-state index contributed by atoms with van der Waals surface area (Å²) in [5.41, 5.74) is 1.08. The molecule has 1 saturated heterocycles. The highest BCUT2D eigenvalue weighted by molar-refractivity contribution is 5.78. The Hall–Kier alpha value is -2.56. The van der Waals surface area contributed by atoms with Gasteiger partial charge in [-0.15, -0.1) is 0 Å². The largest absolute Gasteiger partial charge is 0.494 e. The fourth-order valence-corrected chi connectivity index (χ4v) is 3.15. The van der Waals surface area contributed by atoms with E-state index in [1.807, 2.05) is 36.1 Å². The van der Waals surface area contributed by atoms with E-state index >= 15 is 0 Å². The van der Waals surface area contributed by atoms with E-state index in [2.05, 4.69) is 0 Å². The molecule has 1 amide bonds. The van der Waals surface area contributed by atoms with Crippen LogP contribution in [-0.2, 0) is 4.79 Å². The predicted octanol–water partition coefficient (Wildman–Crippen LogP) is 3.97. The summed E-state index contributed by atoms with van der Waals surface area (Å²) in [6.45, 7) is 3.10. The molecule has 4 nitrogen and oxygen atoms in total. The first-order valence-corrected chi connectivity index (χ1v) is 8.58. The third-order valence-electron chi connectivity index (χ3n) is 4.34. The second kappa shape index (κ2) is 8.01. The van der Waals surface area contributed by atoms with Gasteiger partial charge < -0.3 is 14.4 Å². The molecule has 2 aromatic carbocycles. The van der Waals surface area contributed by atoms with Gasteiger partial charge in [0.1, 0.15) is 5.75 Å². The maximum atomic E-state index is 13.6. The second-order valence-electron chi connectivity index (χ2n) is 5.97. The highest BCUT2D eigenvalue weighted by Gasteiger charge is 2.30. The number of hydrogen-bond acceptors (Lipinski definition) is 3. The minimum absolute atomic E-state index is 0.0346. The second-order valence-corrected chi connectivity index (χ2v) is 5.97. The van der Waals surface area contributed by atoms with Crippen molar-refractivity contribution in [3.63, 3.8) is 0 Å². The SMILES string of the molecule is CCOc1ccc(C2CCCN2C(=O)COc2ccccc2F)cc1. The van der Waals surface area contributed by atoms with Crippen LogP contribution in [0.25, 0.3) is 0 Å². The van der Waals surface area contributed by atoms with Crippen LogP contribution in [0.1, 0.15) is 31.4 Å². The Kier molecular flexibility index (Phi) is 5.53. The maximum absolute atomic E-state index is 13.6. The Morgan fingerprint density at radius 3 is 2.64 bits per heavy atom. The molecule has 5 heteroatoms. The standard InChI is InChI=1S/C20H22FNO3/c1-2-24-16-11-9-15(10-12-16)18-7-5-13-22(18)20(23)14-25-19-8-4-3-6-17(19)21/h3-4,6,8-12,18H,2,5,7,13-14H2,1H3. The zero-order valence-corrected chi connectivity index (χ0v) is 14.3. The molecular formula is C20H22FNO3. The fraction of sp³-hybridized carbons (Fsp3) is 0.350. The van der Waals surface area contributed by atoms with E-state index in [4.69, 9.17) is 9.47 Å². The van der Waals surface area contributed by atoms with Crippen LogP contribution < -0.4 is 9.47 Å². The van der Waals surface area contributed by atoms with E-state index in [1.165, 1.54) is 12.1 Å². The van der Waals surface area contributed by atoms with Gasteiger partial charge in [-0.2, -0.15) is 0 Å². The molecular weight excluding hydrogens is 321 g/mol. The summed E-state index contributed by atoms with van der Waals surface area (Å²) in [5, 5.41) is 0. The maximum Gasteiger partial charge on any atom is 0.261 e. The van der Waals surface area contributed by atoms with Gasteiger partial charge in [0.05, 0.1) is 12.6 Å². The highest BCUT2D eigenvalue weighted by Crippen LogP contribution is 2.33. The van der Waals surface area contributed by atoms with Crippen LogP contribution in [0.15, 0.2) is 48.5 Å². The molecule has 3 rings (SSSR count). The zero-order valence-electron chi connectivity index (χ0n) is 14.3. The van der Waals surface area contributed by atoms with Crippen molar-refractivity contribution in [1.82, 2.24) is 4.90 Å². The molecule has 0 aliphatic carbocycles. The van der Waals surface area contributed by atoms with Crippen LogP contribution in [0, 0.1) is 5.82 Å². The average molecular weight is 343 g/mol. The summed E-state index contributed by atoms with van der Waals surface area (Å²) in [6, 6.07) is 14.0. The van der Waals surface area contributed by atoms with Crippen molar-refractivity contribution in [3.05, 3.63) is 59.9 Å². The van der Waals surface area contributed by atoms with Crippen LogP contribution in [0.2, 0.25) is 0 Å². The molecule has 25 heavy (non-hydrogen) atoms. The molecule has 1 aliphatic heterocycles. The van der Waals surface area contributed by atoms with E-state index in [0.717, 1.165) is 24.2 Å². The number of rotatable bonds is 6. The van der Waals surface area contributed by atoms with Crippen LogP contribution in [0.4, 0.5) is 4.39 Å². The number of carbonyl (C=O) groups is 1. The summed E-state index contributed by atoms with van der Waals surface area (Å²) in [6.07, 6.45) is 1.86. The van der Waals surface area contributed by atoms with Gasteiger partial charge in [-0.1, -0.05) is 24.3 Å². The summed E-state index contributed by atoms with van der Waals surface area (Å²) in [5.74, 6) is 0.345. The van der Waals surface area contributed by atoms with E-state index < -0.39 is 5.82 Å². The Morgan fingerprint density at radius 1 is 1.16 bits per heavy atom. The molecule has 2 aromatic rings. The lowest BCUT2D eigenvalue weighted by Crippen LogP contribution is -2.34. The smallest absolute Gasteiger partial charge is 0.261 e. The number of halogens is 1. The number of amides is 1. The molecule has 1 fully saturated rings. The Labute approximate surface area is 147 Å². The van der Waals surface area contributed by atoms with Crippen LogP contribution in [0.3, 0.4) is 0 Å². The molecule has 1 aliphatic rings. The van der Waals surface area contributed by atoms with Gasteiger partial charge in [-0.3, -0.25) is 4.79 Å². The first-order valence-electron chi connectivity index (χ1n) is 8.58. The summed E-state index contributed by atoms with van der Waals surface area (Å²) < 4.78 is 24.4. The van der Waals surface area contributed by atoms with Crippen molar-refractivity contribution < 1.29 is 18.7 Å². The van der Waals surface area contributed by atoms with Gasteiger partial charge in [0, 0.05) is 6.54 Å². The molecule has 0 N–H and O–H groups in total. The number of carbonyl (C=O) groups excluding carboxylic acids is 1. The van der Waals surface area contributed by atoms with Crippen LogP contribution in [-0.4, -0.2) is 30.6 Å². The minimum atomic E-state index is -0.459.